The quantitative estimate of drug-likeness (QED) is 0.621. The van der Waals surface area contributed by atoms with E-state index < -0.39 is 0 Å². The molecule has 1 aliphatic heterocycles. The molecule has 144 valence electrons. The van der Waals surface area contributed by atoms with Crippen molar-refractivity contribution in [3.8, 4) is 21.8 Å². The third kappa shape index (κ3) is 3.90. The van der Waals surface area contributed by atoms with Crippen molar-refractivity contribution < 1.29 is 0 Å². The Kier molecular flexibility index (Phi) is 5.01. The van der Waals surface area contributed by atoms with Crippen LogP contribution in [0.1, 0.15) is 36.6 Å². The van der Waals surface area contributed by atoms with Crippen molar-refractivity contribution >= 4 is 28.9 Å². The van der Waals surface area contributed by atoms with Crippen molar-refractivity contribution in [1.82, 2.24) is 20.3 Å². The molecular weight excluding hydrogens is 390 g/mol. The van der Waals surface area contributed by atoms with Crippen molar-refractivity contribution in [2.45, 2.75) is 37.6 Å². The van der Waals surface area contributed by atoms with Gasteiger partial charge in [0.15, 0.2) is 0 Å². The second-order valence-electron chi connectivity index (χ2n) is 7.45. The van der Waals surface area contributed by atoms with Crippen LogP contribution in [-0.4, -0.2) is 34.1 Å². The number of rotatable bonds is 5. The van der Waals surface area contributed by atoms with E-state index in [0.717, 1.165) is 52.8 Å². The first kappa shape index (κ1) is 18.0. The van der Waals surface area contributed by atoms with E-state index in [0.29, 0.717) is 17.9 Å². The van der Waals surface area contributed by atoms with E-state index in [9.17, 15) is 0 Å². The van der Waals surface area contributed by atoms with Crippen LogP contribution in [0.4, 0.5) is 5.95 Å². The zero-order valence-corrected chi connectivity index (χ0v) is 17.1. The first-order valence-electron chi connectivity index (χ1n) is 9.83. The fourth-order valence-electron chi connectivity index (χ4n) is 3.55. The van der Waals surface area contributed by atoms with Gasteiger partial charge in [-0.25, -0.2) is 15.0 Å². The lowest BCUT2D eigenvalue weighted by Gasteiger charge is -2.20. The van der Waals surface area contributed by atoms with Crippen LogP contribution in [-0.2, 0) is 0 Å². The minimum absolute atomic E-state index is 0.504. The lowest BCUT2D eigenvalue weighted by atomic mass is 9.99. The minimum atomic E-state index is 0.504. The number of anilines is 1. The maximum Gasteiger partial charge on any atom is 0.223 e. The lowest BCUT2D eigenvalue weighted by Crippen LogP contribution is -2.26. The van der Waals surface area contributed by atoms with Crippen LogP contribution in [0.3, 0.4) is 0 Å². The molecule has 5 rings (SSSR count). The van der Waals surface area contributed by atoms with Crippen LogP contribution >= 0.6 is 22.9 Å². The molecule has 0 amide bonds. The summed E-state index contributed by atoms with van der Waals surface area (Å²) in [5.41, 5.74) is 2.93. The molecule has 3 heterocycles. The molecule has 28 heavy (non-hydrogen) atoms. The molecule has 2 aromatic heterocycles. The average Bonchev–Trinajstić information content (AvgIpc) is 3.42. The van der Waals surface area contributed by atoms with Gasteiger partial charge in [-0.1, -0.05) is 23.7 Å². The molecular formula is C21H22ClN5S. The number of aromatic nitrogens is 3. The van der Waals surface area contributed by atoms with Gasteiger partial charge < -0.3 is 10.6 Å². The summed E-state index contributed by atoms with van der Waals surface area (Å²) >= 11 is 8.03. The molecule has 3 aromatic rings. The average molecular weight is 412 g/mol. The third-order valence-corrected chi connectivity index (χ3v) is 6.70. The van der Waals surface area contributed by atoms with Gasteiger partial charge in [0.25, 0.3) is 0 Å². The Balaban J connectivity index is 1.57. The summed E-state index contributed by atoms with van der Waals surface area (Å²) in [5.74, 6) is 1.21. The number of hydrogen-bond donors (Lipinski definition) is 2. The number of thiazole rings is 1. The highest BCUT2D eigenvalue weighted by Crippen LogP contribution is 2.41. The van der Waals surface area contributed by atoms with Crippen LogP contribution in [0.15, 0.2) is 36.5 Å². The van der Waals surface area contributed by atoms with E-state index in [2.05, 4.69) is 21.7 Å². The first-order valence-corrected chi connectivity index (χ1v) is 11.0. The monoisotopic (exact) mass is 411 g/mol. The van der Waals surface area contributed by atoms with Crippen LogP contribution in [0.2, 0.25) is 5.02 Å². The van der Waals surface area contributed by atoms with Gasteiger partial charge in [0.1, 0.15) is 0 Å². The lowest BCUT2D eigenvalue weighted by molar-refractivity contribution is 0.459. The van der Waals surface area contributed by atoms with Gasteiger partial charge in [-0.05, 0) is 57.0 Å². The van der Waals surface area contributed by atoms with Gasteiger partial charge >= 0.3 is 0 Å². The maximum absolute atomic E-state index is 6.27. The Bertz CT molecular complexity index is 978. The Morgan fingerprint density at radius 2 is 1.93 bits per heavy atom. The predicted octanol–water partition coefficient (Wildman–Crippen LogP) is 4.96. The second kappa shape index (κ2) is 7.78. The Morgan fingerprint density at radius 3 is 2.71 bits per heavy atom. The fraction of sp³-hybridized carbons (Fsp3) is 0.381. The molecule has 1 aliphatic carbocycles. The summed E-state index contributed by atoms with van der Waals surface area (Å²) in [6, 6.07) is 10.4. The summed E-state index contributed by atoms with van der Waals surface area (Å²) < 4.78 is 0. The summed E-state index contributed by atoms with van der Waals surface area (Å²) in [4.78, 5) is 15.4. The molecule has 1 aromatic carbocycles. The standard InChI is InChI=1S/C21H22ClN5S/c22-15-3-1-2-14(12-15)18-19(28-20(27-18)13-6-9-23-10-7-13)17-8-11-24-21(26-17)25-16-4-5-16/h1-3,8,11-13,16,23H,4-7,9-10H2,(H,24,25,26). The van der Waals surface area contributed by atoms with E-state index in [-0.39, 0.29) is 0 Å². The highest BCUT2D eigenvalue weighted by atomic mass is 35.5. The third-order valence-electron chi connectivity index (χ3n) is 5.23. The van der Waals surface area contributed by atoms with Gasteiger partial charge in [-0.2, -0.15) is 0 Å². The zero-order valence-electron chi connectivity index (χ0n) is 15.5. The van der Waals surface area contributed by atoms with E-state index in [1.165, 1.54) is 17.8 Å². The number of hydrogen-bond acceptors (Lipinski definition) is 6. The Hall–Kier alpha value is -2.02. The summed E-state index contributed by atoms with van der Waals surface area (Å²) in [5, 5.41) is 8.75. The number of nitrogens with one attached hydrogen (secondary N) is 2. The summed E-state index contributed by atoms with van der Waals surface area (Å²) in [7, 11) is 0. The molecule has 0 bridgehead atoms. The van der Waals surface area contributed by atoms with Gasteiger partial charge in [0.05, 0.1) is 21.3 Å². The van der Waals surface area contributed by atoms with Gasteiger partial charge in [0.2, 0.25) is 5.95 Å². The Labute approximate surface area is 173 Å². The molecule has 7 heteroatoms. The SMILES string of the molecule is Clc1cccc(-c2nc(C3CCNCC3)sc2-c2ccnc(NC3CC3)n2)c1. The van der Waals surface area contributed by atoms with Crippen molar-refractivity contribution in [3.05, 3.63) is 46.6 Å². The van der Waals surface area contributed by atoms with Gasteiger partial charge in [-0.15, -0.1) is 11.3 Å². The van der Waals surface area contributed by atoms with E-state index in [4.69, 9.17) is 21.6 Å². The molecule has 2 N–H and O–H groups in total. The number of benzene rings is 1. The predicted molar refractivity (Wildman–Crippen MR) is 115 cm³/mol. The molecule has 0 spiro atoms. The number of halogens is 1. The largest absolute Gasteiger partial charge is 0.351 e. The topological polar surface area (TPSA) is 62.7 Å². The van der Waals surface area contributed by atoms with Crippen LogP contribution in [0.5, 0.6) is 0 Å². The van der Waals surface area contributed by atoms with Crippen molar-refractivity contribution in [1.29, 1.82) is 0 Å². The first-order chi connectivity index (χ1) is 13.8. The molecule has 0 atom stereocenters. The zero-order chi connectivity index (χ0) is 18.9. The highest BCUT2D eigenvalue weighted by molar-refractivity contribution is 7.15. The maximum atomic E-state index is 6.27. The fourth-order valence-corrected chi connectivity index (χ4v) is 4.97. The molecule has 2 aliphatic rings. The van der Waals surface area contributed by atoms with E-state index >= 15 is 0 Å². The molecule has 2 fully saturated rings. The molecule has 1 saturated carbocycles. The van der Waals surface area contributed by atoms with Gasteiger partial charge in [-0.3, -0.25) is 0 Å². The second-order valence-corrected chi connectivity index (χ2v) is 8.92. The summed E-state index contributed by atoms with van der Waals surface area (Å²) in [6.45, 7) is 2.10. The minimum Gasteiger partial charge on any atom is -0.351 e. The molecule has 0 radical (unpaired) electrons. The van der Waals surface area contributed by atoms with Crippen molar-refractivity contribution in [2.75, 3.05) is 18.4 Å². The van der Waals surface area contributed by atoms with Crippen molar-refractivity contribution in [2.24, 2.45) is 0 Å². The van der Waals surface area contributed by atoms with Crippen LogP contribution in [0.25, 0.3) is 21.8 Å². The highest BCUT2D eigenvalue weighted by Gasteiger charge is 2.25. The Morgan fingerprint density at radius 1 is 1.07 bits per heavy atom. The molecule has 0 unspecified atom stereocenters. The van der Waals surface area contributed by atoms with E-state index in [1.54, 1.807) is 11.3 Å². The van der Waals surface area contributed by atoms with Gasteiger partial charge in [0, 0.05) is 28.7 Å². The van der Waals surface area contributed by atoms with Crippen molar-refractivity contribution in [3.63, 3.8) is 0 Å². The van der Waals surface area contributed by atoms with E-state index in [1.807, 2.05) is 30.5 Å². The summed E-state index contributed by atoms with van der Waals surface area (Å²) in [6.07, 6.45) is 6.47. The normalized spacial score (nSPS) is 17.6. The number of piperidine rings is 1. The number of nitrogens with zero attached hydrogens (tertiary/aromatic N) is 3. The van der Waals surface area contributed by atoms with Crippen LogP contribution in [0, 0.1) is 0 Å². The molecule has 1 saturated heterocycles. The smallest absolute Gasteiger partial charge is 0.223 e. The van der Waals surface area contributed by atoms with Crippen LogP contribution < -0.4 is 10.6 Å². The molecule has 5 nitrogen and oxygen atoms in total.